The zero-order valence-electron chi connectivity index (χ0n) is 35.8. The average Bonchev–Trinajstić information content (AvgIpc) is 3.68. The van der Waals surface area contributed by atoms with Crippen LogP contribution in [0.15, 0.2) is 77.9 Å². The van der Waals surface area contributed by atoms with Gasteiger partial charge in [0.15, 0.2) is 5.96 Å². The number of aromatic amines is 1. The second-order valence-electron chi connectivity index (χ2n) is 14.9. The minimum Gasteiger partial charge on any atom is -0.475 e. The summed E-state index contributed by atoms with van der Waals surface area (Å²) in [4.78, 5) is 110. The molecule has 0 saturated carbocycles. The van der Waals surface area contributed by atoms with E-state index in [0.29, 0.717) is 11.1 Å². The summed E-state index contributed by atoms with van der Waals surface area (Å²) in [5, 5.41) is 25.8. The molecule has 4 aromatic rings. The fraction of sp³-hybridized carbons (Fsp3) is 0.357. The van der Waals surface area contributed by atoms with Gasteiger partial charge in [-0.05, 0) is 40.8 Å². The lowest BCUT2D eigenvalue weighted by Crippen LogP contribution is -2.59. The van der Waals surface area contributed by atoms with Gasteiger partial charge in [0.05, 0.1) is 6.54 Å². The number of alkyl halides is 3. The maximum Gasteiger partial charge on any atom is 0.490 e. The highest BCUT2D eigenvalue weighted by Crippen LogP contribution is 2.24. The van der Waals surface area contributed by atoms with E-state index >= 15 is 0 Å². The van der Waals surface area contributed by atoms with E-state index in [1.165, 1.54) is 6.92 Å². The quantitative estimate of drug-likeness (QED) is 0.0440. The molecule has 1 aliphatic rings. The highest BCUT2D eigenvalue weighted by Gasteiger charge is 2.38. The second-order valence-corrected chi connectivity index (χ2v) is 17.5. The lowest BCUT2D eigenvalue weighted by Gasteiger charge is -2.26. The Morgan fingerprint density at radius 3 is 2.07 bits per heavy atom. The number of benzene rings is 3. The monoisotopic (exact) mass is 973 g/mol. The fourth-order valence-electron chi connectivity index (χ4n) is 6.52. The van der Waals surface area contributed by atoms with E-state index in [9.17, 15) is 46.7 Å². The van der Waals surface area contributed by atoms with Crippen LogP contribution in [0.4, 0.5) is 13.2 Å². The van der Waals surface area contributed by atoms with Crippen molar-refractivity contribution in [1.29, 1.82) is 0 Å². The summed E-state index contributed by atoms with van der Waals surface area (Å²) >= 11 is 0. The van der Waals surface area contributed by atoms with Gasteiger partial charge in [-0.3, -0.25) is 38.6 Å². The molecule has 5 atom stereocenters. The van der Waals surface area contributed by atoms with Crippen LogP contribution in [-0.4, -0.2) is 124 Å². The van der Waals surface area contributed by atoms with Crippen LogP contribution in [0.5, 0.6) is 0 Å². The summed E-state index contributed by atoms with van der Waals surface area (Å²) in [7, 11) is 2.25. The molecular formula is C42H50F3N11O9S2. The lowest BCUT2D eigenvalue weighted by atomic mass is 10.00. The van der Waals surface area contributed by atoms with Crippen LogP contribution in [0.1, 0.15) is 30.9 Å². The largest absolute Gasteiger partial charge is 0.490 e. The molecule has 7 amide bonds. The maximum absolute atomic E-state index is 14.3. The molecule has 67 heavy (non-hydrogen) atoms. The molecule has 360 valence electrons. The van der Waals surface area contributed by atoms with Crippen LogP contribution in [-0.2, 0) is 51.2 Å². The Hall–Kier alpha value is -7.02. The summed E-state index contributed by atoms with van der Waals surface area (Å²) in [5.41, 5.74) is 18.9. The Kier molecular flexibility index (Phi) is 19.7. The third-order valence-electron chi connectivity index (χ3n) is 9.79. The predicted molar refractivity (Wildman–Crippen MR) is 246 cm³/mol. The minimum atomic E-state index is -5.08. The number of nitrogens with zero attached hydrogens (tertiary/aromatic N) is 1. The number of primary amides is 1. The van der Waals surface area contributed by atoms with Gasteiger partial charge in [0.25, 0.3) is 0 Å². The summed E-state index contributed by atoms with van der Waals surface area (Å²) < 4.78 is 31.7. The number of rotatable bonds is 10. The van der Waals surface area contributed by atoms with Crippen molar-refractivity contribution in [3.63, 3.8) is 0 Å². The van der Waals surface area contributed by atoms with Crippen LogP contribution in [0, 0.1) is 0 Å². The van der Waals surface area contributed by atoms with Gasteiger partial charge in [-0.1, -0.05) is 82.3 Å². The Morgan fingerprint density at radius 1 is 0.791 bits per heavy atom. The van der Waals surface area contributed by atoms with Crippen molar-refractivity contribution in [3.05, 3.63) is 84.1 Å². The molecule has 3 aromatic carbocycles. The molecule has 25 heteroatoms. The van der Waals surface area contributed by atoms with E-state index in [-0.39, 0.29) is 49.7 Å². The minimum absolute atomic E-state index is 0.00116. The number of carbonyl (C=O) groups is 8. The number of aromatic nitrogens is 1. The molecule has 20 nitrogen and oxygen atoms in total. The first-order valence-electron chi connectivity index (χ1n) is 20.4. The normalized spacial score (nSPS) is 20.4. The lowest BCUT2D eigenvalue weighted by molar-refractivity contribution is -0.192. The molecule has 0 spiro atoms. The van der Waals surface area contributed by atoms with Crippen molar-refractivity contribution in [2.24, 2.45) is 22.2 Å². The Bertz CT molecular complexity index is 2470. The van der Waals surface area contributed by atoms with Crippen molar-refractivity contribution in [2.45, 2.75) is 69.0 Å². The number of aliphatic carboxylic acids is 1. The van der Waals surface area contributed by atoms with Crippen LogP contribution >= 0.6 is 21.6 Å². The topological polar surface area (TPSA) is 335 Å². The first-order chi connectivity index (χ1) is 31.7. The number of nitrogens with one attached hydrogen (secondary N) is 7. The van der Waals surface area contributed by atoms with Crippen LogP contribution in [0.3, 0.4) is 0 Å². The van der Waals surface area contributed by atoms with Crippen molar-refractivity contribution >= 4 is 96.5 Å². The van der Waals surface area contributed by atoms with Crippen molar-refractivity contribution in [3.8, 4) is 0 Å². The summed E-state index contributed by atoms with van der Waals surface area (Å²) in [6.45, 7) is 0.818. The molecule has 0 aliphatic carbocycles. The van der Waals surface area contributed by atoms with Crippen LogP contribution in [0.25, 0.3) is 21.7 Å². The van der Waals surface area contributed by atoms with E-state index in [1.54, 1.807) is 6.20 Å². The molecule has 2 heterocycles. The summed E-state index contributed by atoms with van der Waals surface area (Å²) in [5.74, 6) is -7.83. The highest BCUT2D eigenvalue weighted by molar-refractivity contribution is 8.76. The number of guanidine groups is 1. The number of hydrogen-bond donors (Lipinski definition) is 11. The number of carboxylic acids is 1. The SMILES string of the molecule is CC(=O)N[C@H]1CSSC[C@@H](C(N)=O)NC(=O)[C@H](Cc2c[nH]c3ccccc23)NC(=O)[C@H](CCCN=C(N)N)NC(=O)[C@@H](Cc2ccc3ccccc3c2)NC(=O)CNC1=O.O=C(O)C(F)(F)F. The summed E-state index contributed by atoms with van der Waals surface area (Å²) in [6, 6.07) is 14.6. The average molecular weight is 974 g/mol. The Labute approximate surface area is 388 Å². The molecule has 1 aromatic heterocycles. The number of amides is 7. The number of hydrogen-bond acceptors (Lipinski definition) is 11. The second kappa shape index (κ2) is 25.0. The zero-order chi connectivity index (χ0) is 49.3. The molecule has 14 N–H and O–H groups in total. The van der Waals surface area contributed by atoms with E-state index in [2.05, 4.69) is 41.9 Å². The zero-order valence-corrected chi connectivity index (χ0v) is 37.4. The van der Waals surface area contributed by atoms with E-state index in [1.807, 2.05) is 66.7 Å². The first kappa shape index (κ1) is 52.6. The van der Waals surface area contributed by atoms with Gasteiger partial charge in [-0.15, -0.1) is 0 Å². The van der Waals surface area contributed by atoms with Gasteiger partial charge in [-0.25, -0.2) is 4.79 Å². The summed E-state index contributed by atoms with van der Waals surface area (Å²) in [6.07, 6.45) is -3.13. The van der Waals surface area contributed by atoms with E-state index in [4.69, 9.17) is 27.1 Å². The third-order valence-corrected chi connectivity index (χ3v) is 12.2. The number of para-hydroxylation sites is 1. The Balaban J connectivity index is 0.00000129. The molecule has 0 unspecified atom stereocenters. The van der Waals surface area contributed by atoms with Gasteiger partial charge in [0.1, 0.15) is 30.2 Å². The highest BCUT2D eigenvalue weighted by atomic mass is 33.1. The van der Waals surface area contributed by atoms with Gasteiger partial charge >= 0.3 is 12.1 Å². The molecular weight excluding hydrogens is 924 g/mol. The molecule has 0 bridgehead atoms. The molecule has 1 saturated heterocycles. The molecule has 1 fully saturated rings. The number of aliphatic imine (C=N–C) groups is 1. The van der Waals surface area contributed by atoms with E-state index in [0.717, 1.165) is 43.3 Å². The number of nitrogens with two attached hydrogens (primary N) is 3. The first-order valence-corrected chi connectivity index (χ1v) is 22.9. The standard InChI is InChI=1S/C40H49N11O7S2.C2HF3O2/c1-22(52)47-33-21-60-59-20-32(35(41)54)51-39(58)31(17-26-18-45-28-10-5-4-9-27(26)28)50-37(56)29(11-6-14-44-40(42)43)49-38(57)30(48-34(53)19-46-36(33)55)16-23-12-13-24-7-2-3-8-25(24)15-23;3-2(4,5)1(6)7/h2-5,7-10,12-13,15,18,29-33,45H,6,11,14,16-17,19-21H2,1H3,(H2,41,54)(H,46,55)(H,47,52)(H,48,53)(H,49,57)(H,50,56)(H,51,58)(H4,42,43,44);(H,6,7)/t29-,30+,31-,32-,33-;/m0./s1. The molecule has 5 rings (SSSR count). The van der Waals surface area contributed by atoms with Crippen molar-refractivity contribution in [1.82, 2.24) is 36.9 Å². The molecule has 0 radical (unpaired) electrons. The van der Waals surface area contributed by atoms with Gasteiger partial charge in [0.2, 0.25) is 41.4 Å². The number of carbonyl (C=O) groups excluding carboxylic acids is 7. The number of fused-ring (bicyclic) bond motifs is 2. The predicted octanol–water partition coefficient (Wildman–Crippen LogP) is 0.234. The fourth-order valence-corrected chi connectivity index (χ4v) is 8.86. The smallest absolute Gasteiger partial charge is 0.475 e. The third kappa shape index (κ3) is 17.0. The maximum atomic E-state index is 14.3. The van der Waals surface area contributed by atoms with Crippen LogP contribution in [0.2, 0.25) is 0 Å². The van der Waals surface area contributed by atoms with Gasteiger partial charge in [-0.2, -0.15) is 13.2 Å². The molecule has 1 aliphatic heterocycles. The van der Waals surface area contributed by atoms with E-state index < -0.39 is 90.2 Å². The van der Waals surface area contributed by atoms with Gasteiger partial charge < -0.3 is 59.2 Å². The van der Waals surface area contributed by atoms with Crippen molar-refractivity contribution in [2.75, 3.05) is 24.6 Å². The number of carboxylic acid groups (broad SMARTS) is 1. The van der Waals surface area contributed by atoms with Crippen molar-refractivity contribution < 1.29 is 56.6 Å². The number of H-pyrrole nitrogens is 1. The van der Waals surface area contributed by atoms with Gasteiger partial charge in [0, 0.05) is 54.9 Å². The van der Waals surface area contributed by atoms with Crippen LogP contribution < -0.4 is 49.1 Å². The Morgan fingerprint density at radius 2 is 1.40 bits per heavy atom. The number of halogens is 3.